The third-order valence-corrected chi connectivity index (χ3v) is 3.35. The molecule has 1 aliphatic heterocycles. The Balaban J connectivity index is 1.91. The molecule has 0 saturated carbocycles. The highest BCUT2D eigenvalue weighted by molar-refractivity contribution is 5.40. The van der Waals surface area contributed by atoms with Gasteiger partial charge in [0.2, 0.25) is 0 Å². The van der Waals surface area contributed by atoms with Crippen molar-refractivity contribution in [3.63, 3.8) is 0 Å². The van der Waals surface area contributed by atoms with Gasteiger partial charge in [-0.15, -0.1) is 0 Å². The smallest absolute Gasteiger partial charge is 0.127 e. The van der Waals surface area contributed by atoms with Crippen molar-refractivity contribution in [2.75, 3.05) is 34.0 Å². The standard InChI is InChI=1S/C14H21NO4/c1-17-12-4-3-11(13(7-12)18-2)8-15-9-14(16)5-6-19-10-14/h3-4,7,15-16H,5-6,8-10H2,1-2H3. The molecule has 5 nitrogen and oxygen atoms in total. The van der Waals surface area contributed by atoms with Crippen molar-refractivity contribution < 1.29 is 19.3 Å². The highest BCUT2D eigenvalue weighted by atomic mass is 16.5. The van der Waals surface area contributed by atoms with Crippen LogP contribution in [0.4, 0.5) is 0 Å². The molecule has 1 atom stereocenters. The number of benzene rings is 1. The molecule has 1 unspecified atom stereocenters. The maximum Gasteiger partial charge on any atom is 0.127 e. The summed E-state index contributed by atoms with van der Waals surface area (Å²) in [4.78, 5) is 0. The Morgan fingerprint density at radius 2 is 2.21 bits per heavy atom. The van der Waals surface area contributed by atoms with Crippen LogP contribution in [0.3, 0.4) is 0 Å². The van der Waals surface area contributed by atoms with Crippen molar-refractivity contribution in [1.82, 2.24) is 5.32 Å². The van der Waals surface area contributed by atoms with E-state index in [-0.39, 0.29) is 0 Å². The van der Waals surface area contributed by atoms with Crippen molar-refractivity contribution in [3.05, 3.63) is 23.8 Å². The predicted molar refractivity (Wildman–Crippen MR) is 71.6 cm³/mol. The molecule has 0 radical (unpaired) electrons. The molecule has 1 aliphatic rings. The third kappa shape index (κ3) is 3.59. The molecule has 0 aliphatic carbocycles. The first-order chi connectivity index (χ1) is 9.17. The zero-order chi connectivity index (χ0) is 13.7. The molecule has 1 saturated heterocycles. The van der Waals surface area contributed by atoms with Gasteiger partial charge in [-0.25, -0.2) is 0 Å². The van der Waals surface area contributed by atoms with E-state index in [1.165, 1.54) is 0 Å². The van der Waals surface area contributed by atoms with Gasteiger partial charge >= 0.3 is 0 Å². The van der Waals surface area contributed by atoms with Gasteiger partial charge in [0.15, 0.2) is 0 Å². The van der Waals surface area contributed by atoms with Gasteiger partial charge in [-0.2, -0.15) is 0 Å². The molecule has 0 bridgehead atoms. The first-order valence-corrected chi connectivity index (χ1v) is 6.39. The Morgan fingerprint density at radius 1 is 1.37 bits per heavy atom. The molecule has 2 rings (SSSR count). The minimum absolute atomic E-state index is 0.403. The van der Waals surface area contributed by atoms with E-state index >= 15 is 0 Å². The van der Waals surface area contributed by atoms with E-state index in [9.17, 15) is 5.11 Å². The zero-order valence-electron chi connectivity index (χ0n) is 11.4. The molecule has 1 aromatic rings. The number of hydrogen-bond acceptors (Lipinski definition) is 5. The van der Waals surface area contributed by atoms with Gasteiger partial charge in [0.25, 0.3) is 0 Å². The molecule has 0 spiro atoms. The Morgan fingerprint density at radius 3 is 2.84 bits per heavy atom. The lowest BCUT2D eigenvalue weighted by molar-refractivity contribution is 0.0268. The van der Waals surface area contributed by atoms with E-state index in [0.29, 0.717) is 32.7 Å². The normalized spacial score (nSPS) is 22.5. The van der Waals surface area contributed by atoms with Crippen LogP contribution in [0.25, 0.3) is 0 Å². The maximum absolute atomic E-state index is 10.1. The Bertz CT molecular complexity index is 416. The van der Waals surface area contributed by atoms with Gasteiger partial charge < -0.3 is 24.6 Å². The summed E-state index contributed by atoms with van der Waals surface area (Å²) in [5, 5.41) is 13.4. The van der Waals surface area contributed by atoms with Crippen molar-refractivity contribution in [1.29, 1.82) is 0 Å². The minimum Gasteiger partial charge on any atom is -0.497 e. The van der Waals surface area contributed by atoms with Crippen LogP contribution >= 0.6 is 0 Å². The van der Waals surface area contributed by atoms with E-state index in [2.05, 4.69) is 5.32 Å². The lowest BCUT2D eigenvalue weighted by Gasteiger charge is -2.21. The highest BCUT2D eigenvalue weighted by Crippen LogP contribution is 2.24. The summed E-state index contributed by atoms with van der Waals surface area (Å²) < 4.78 is 15.7. The fraction of sp³-hybridized carbons (Fsp3) is 0.571. The first kappa shape index (κ1) is 14.1. The van der Waals surface area contributed by atoms with E-state index < -0.39 is 5.60 Å². The predicted octanol–water partition coefficient (Wildman–Crippen LogP) is 0.945. The lowest BCUT2D eigenvalue weighted by Crippen LogP contribution is -2.40. The van der Waals surface area contributed by atoms with E-state index in [4.69, 9.17) is 14.2 Å². The summed E-state index contributed by atoms with van der Waals surface area (Å²) in [5.41, 5.74) is 0.297. The Kier molecular flexibility index (Phi) is 4.63. The van der Waals surface area contributed by atoms with E-state index in [1.54, 1.807) is 14.2 Å². The summed E-state index contributed by atoms with van der Waals surface area (Å²) in [6, 6.07) is 5.71. The molecule has 0 aromatic heterocycles. The van der Waals surface area contributed by atoms with Crippen LogP contribution in [-0.2, 0) is 11.3 Å². The zero-order valence-corrected chi connectivity index (χ0v) is 11.4. The number of aliphatic hydroxyl groups is 1. The second-order valence-corrected chi connectivity index (χ2v) is 4.81. The van der Waals surface area contributed by atoms with Crippen molar-refractivity contribution in [3.8, 4) is 11.5 Å². The van der Waals surface area contributed by atoms with Crippen LogP contribution in [-0.4, -0.2) is 44.7 Å². The molecule has 1 heterocycles. The molecule has 2 N–H and O–H groups in total. The van der Waals surface area contributed by atoms with Crippen molar-refractivity contribution in [2.45, 2.75) is 18.6 Å². The Labute approximate surface area is 113 Å². The number of ether oxygens (including phenoxy) is 3. The minimum atomic E-state index is -0.736. The summed E-state index contributed by atoms with van der Waals surface area (Å²) in [6.07, 6.45) is 0.680. The van der Waals surface area contributed by atoms with Crippen LogP contribution in [0.5, 0.6) is 11.5 Å². The van der Waals surface area contributed by atoms with Crippen molar-refractivity contribution in [2.24, 2.45) is 0 Å². The maximum atomic E-state index is 10.1. The topological polar surface area (TPSA) is 60.0 Å². The summed E-state index contributed by atoms with van der Waals surface area (Å²) in [6.45, 7) is 2.18. The average Bonchev–Trinajstić information content (AvgIpc) is 2.86. The lowest BCUT2D eigenvalue weighted by atomic mass is 10.0. The van der Waals surface area contributed by atoms with Crippen LogP contribution in [0.15, 0.2) is 18.2 Å². The van der Waals surface area contributed by atoms with Gasteiger partial charge in [-0.05, 0) is 6.07 Å². The SMILES string of the molecule is COc1ccc(CNCC2(O)CCOC2)c(OC)c1. The number of methoxy groups -OCH3 is 2. The van der Waals surface area contributed by atoms with Crippen LogP contribution < -0.4 is 14.8 Å². The fourth-order valence-electron chi connectivity index (χ4n) is 2.16. The summed E-state index contributed by atoms with van der Waals surface area (Å²) in [7, 11) is 3.26. The number of rotatable bonds is 6. The van der Waals surface area contributed by atoms with Gasteiger partial charge in [0, 0.05) is 37.7 Å². The highest BCUT2D eigenvalue weighted by Gasteiger charge is 2.31. The van der Waals surface area contributed by atoms with Gasteiger partial charge in [0.05, 0.1) is 20.8 Å². The van der Waals surface area contributed by atoms with Gasteiger partial charge in [-0.1, -0.05) is 6.07 Å². The molecule has 106 valence electrons. The van der Waals surface area contributed by atoms with Crippen LogP contribution in [0, 0.1) is 0 Å². The fourth-order valence-corrected chi connectivity index (χ4v) is 2.16. The number of hydrogen-bond donors (Lipinski definition) is 2. The number of nitrogens with one attached hydrogen (secondary N) is 1. The molecular weight excluding hydrogens is 246 g/mol. The second-order valence-electron chi connectivity index (χ2n) is 4.81. The third-order valence-electron chi connectivity index (χ3n) is 3.35. The van der Waals surface area contributed by atoms with Crippen LogP contribution in [0.2, 0.25) is 0 Å². The van der Waals surface area contributed by atoms with Gasteiger partial charge in [-0.3, -0.25) is 0 Å². The first-order valence-electron chi connectivity index (χ1n) is 6.39. The second kappa shape index (κ2) is 6.23. The quantitative estimate of drug-likeness (QED) is 0.803. The van der Waals surface area contributed by atoms with E-state index in [0.717, 1.165) is 17.1 Å². The molecule has 1 fully saturated rings. The van der Waals surface area contributed by atoms with Crippen LogP contribution in [0.1, 0.15) is 12.0 Å². The van der Waals surface area contributed by atoms with E-state index in [1.807, 2.05) is 18.2 Å². The molecule has 1 aromatic carbocycles. The summed E-state index contributed by atoms with van der Waals surface area (Å²) in [5.74, 6) is 1.55. The largest absolute Gasteiger partial charge is 0.497 e. The molecular formula is C14H21NO4. The monoisotopic (exact) mass is 267 g/mol. The summed E-state index contributed by atoms with van der Waals surface area (Å²) >= 11 is 0. The Hall–Kier alpha value is -1.30. The molecule has 5 heteroatoms. The van der Waals surface area contributed by atoms with Gasteiger partial charge in [0.1, 0.15) is 17.1 Å². The average molecular weight is 267 g/mol. The molecule has 19 heavy (non-hydrogen) atoms. The van der Waals surface area contributed by atoms with Crippen molar-refractivity contribution >= 4 is 0 Å². The molecule has 0 amide bonds.